The molecule has 6 nitrogen and oxygen atoms in total. The summed E-state index contributed by atoms with van der Waals surface area (Å²) >= 11 is 0. The summed E-state index contributed by atoms with van der Waals surface area (Å²) in [5.41, 5.74) is -3.80. The zero-order valence-electron chi connectivity index (χ0n) is 34.6. The molecule has 0 spiro atoms. The molecule has 1 fully saturated rings. The predicted octanol–water partition coefficient (Wildman–Crippen LogP) is 11.3. The lowest BCUT2D eigenvalue weighted by Crippen LogP contribution is -2.64. The van der Waals surface area contributed by atoms with Gasteiger partial charge >= 0.3 is 0 Å². The molecule has 312 valence electrons. The first-order valence-corrected chi connectivity index (χ1v) is 23.2. The molecular weight excluding hydrogens is 649 g/mol. The van der Waals surface area contributed by atoms with E-state index in [4.69, 9.17) is 0 Å². The van der Waals surface area contributed by atoms with E-state index in [0.29, 0.717) is 12.8 Å². The molecule has 0 aromatic rings. The van der Waals surface area contributed by atoms with Crippen molar-refractivity contribution in [3.63, 3.8) is 0 Å². The van der Waals surface area contributed by atoms with Gasteiger partial charge in [-0.25, -0.2) is 0 Å². The highest BCUT2D eigenvalue weighted by molar-refractivity contribution is 5.08. The molecule has 1 aliphatic carbocycles. The fourth-order valence-electron chi connectivity index (χ4n) is 9.54. The standard InChI is InChI=1S/C46H92O6/c47-38-44(39-48)36-34-32-30-28-26-24-22-20-18-16-14-12-10-8-6-4-2-1-3-5-7-9-11-13-15-17-19-21-23-25-27-29-31-33-35-37-45(40-49,41-50)46(44,42-51)43-52/h47-52H,1-43H2. The van der Waals surface area contributed by atoms with Crippen molar-refractivity contribution in [1.29, 1.82) is 0 Å². The van der Waals surface area contributed by atoms with Gasteiger partial charge in [0.2, 0.25) is 0 Å². The van der Waals surface area contributed by atoms with Crippen LogP contribution in [0.15, 0.2) is 0 Å². The van der Waals surface area contributed by atoms with Gasteiger partial charge in [0.15, 0.2) is 0 Å². The van der Waals surface area contributed by atoms with Crippen LogP contribution in [0.1, 0.15) is 238 Å². The Labute approximate surface area is 323 Å². The molecule has 52 heavy (non-hydrogen) atoms. The van der Waals surface area contributed by atoms with Gasteiger partial charge < -0.3 is 30.6 Å². The summed E-state index contributed by atoms with van der Waals surface area (Å²) in [6.07, 6.45) is 46.1. The molecule has 0 saturated heterocycles. The average Bonchev–Trinajstić information content (AvgIpc) is 3.17. The van der Waals surface area contributed by atoms with Crippen molar-refractivity contribution in [3.05, 3.63) is 0 Å². The zero-order chi connectivity index (χ0) is 37.9. The number of hydrogen-bond donors (Lipinski definition) is 6. The monoisotopic (exact) mass is 741 g/mol. The fourth-order valence-corrected chi connectivity index (χ4v) is 9.54. The third-order valence-corrected chi connectivity index (χ3v) is 13.6. The molecule has 0 aromatic heterocycles. The predicted molar refractivity (Wildman–Crippen MR) is 221 cm³/mol. The molecule has 6 heteroatoms. The largest absolute Gasteiger partial charge is 0.396 e. The topological polar surface area (TPSA) is 121 Å². The first-order chi connectivity index (χ1) is 25.6. The van der Waals surface area contributed by atoms with E-state index in [-0.39, 0.29) is 0 Å². The number of rotatable bonds is 6. The van der Waals surface area contributed by atoms with Crippen LogP contribution in [-0.2, 0) is 0 Å². The summed E-state index contributed by atoms with van der Waals surface area (Å²) in [5.74, 6) is 0. The van der Waals surface area contributed by atoms with E-state index in [2.05, 4.69) is 0 Å². The smallest absolute Gasteiger partial charge is 0.0523 e. The van der Waals surface area contributed by atoms with E-state index in [9.17, 15) is 30.6 Å². The summed E-state index contributed by atoms with van der Waals surface area (Å²) in [4.78, 5) is 0. The van der Waals surface area contributed by atoms with Crippen molar-refractivity contribution >= 4 is 0 Å². The Hall–Kier alpha value is -0.240. The Morgan fingerprint density at radius 2 is 0.327 bits per heavy atom. The van der Waals surface area contributed by atoms with Crippen LogP contribution in [0.4, 0.5) is 0 Å². The van der Waals surface area contributed by atoms with Gasteiger partial charge in [-0.2, -0.15) is 0 Å². The molecular formula is C46H92O6. The third kappa shape index (κ3) is 19.6. The van der Waals surface area contributed by atoms with Crippen molar-refractivity contribution in [2.45, 2.75) is 238 Å². The first kappa shape index (κ1) is 49.8. The molecule has 0 aromatic carbocycles. The first-order valence-electron chi connectivity index (χ1n) is 23.2. The summed E-state index contributed by atoms with van der Waals surface area (Å²) in [7, 11) is 0. The minimum atomic E-state index is -1.40. The van der Waals surface area contributed by atoms with E-state index < -0.39 is 55.9 Å². The fraction of sp³-hybridized carbons (Fsp3) is 1.00. The van der Waals surface area contributed by atoms with Gasteiger partial charge in [0.1, 0.15) is 0 Å². The van der Waals surface area contributed by atoms with Crippen LogP contribution in [0, 0.1) is 16.2 Å². The van der Waals surface area contributed by atoms with Crippen molar-refractivity contribution in [2.24, 2.45) is 16.2 Å². The molecule has 1 aliphatic rings. The maximum absolute atomic E-state index is 10.8. The number of aliphatic hydroxyl groups is 6. The van der Waals surface area contributed by atoms with Crippen LogP contribution in [-0.4, -0.2) is 70.3 Å². The number of aliphatic hydroxyl groups excluding tert-OH is 6. The molecule has 1 rings (SSSR count). The number of hydrogen-bond acceptors (Lipinski definition) is 6. The molecule has 1 saturated carbocycles. The van der Waals surface area contributed by atoms with Crippen LogP contribution in [0.5, 0.6) is 0 Å². The van der Waals surface area contributed by atoms with Crippen molar-refractivity contribution in [3.8, 4) is 0 Å². The highest BCUT2D eigenvalue weighted by Crippen LogP contribution is 2.56. The SMILES string of the molecule is OCC1(CO)CCCCCCCCCCCCCCCCCCCCCCCCCCCCCCCCCCCCCC(CO)(CO)C1(CO)CO. The second-order valence-corrected chi connectivity index (χ2v) is 17.5. The van der Waals surface area contributed by atoms with Gasteiger partial charge in [-0.1, -0.05) is 225 Å². The van der Waals surface area contributed by atoms with Gasteiger partial charge in [0.25, 0.3) is 0 Å². The van der Waals surface area contributed by atoms with E-state index in [1.54, 1.807) is 0 Å². The summed E-state index contributed by atoms with van der Waals surface area (Å²) in [6, 6.07) is 0. The zero-order valence-corrected chi connectivity index (χ0v) is 34.6. The molecule has 0 radical (unpaired) electrons. The van der Waals surface area contributed by atoms with Gasteiger partial charge in [-0.15, -0.1) is 0 Å². The maximum atomic E-state index is 10.8. The van der Waals surface area contributed by atoms with Crippen molar-refractivity contribution < 1.29 is 30.6 Å². The summed E-state index contributed by atoms with van der Waals surface area (Å²) < 4.78 is 0. The van der Waals surface area contributed by atoms with Gasteiger partial charge in [0, 0.05) is 16.2 Å². The second kappa shape index (κ2) is 34.0. The van der Waals surface area contributed by atoms with Gasteiger partial charge in [0.05, 0.1) is 39.6 Å². The minimum absolute atomic E-state index is 0.410. The van der Waals surface area contributed by atoms with Crippen molar-refractivity contribution in [2.75, 3.05) is 39.6 Å². The Bertz CT molecular complexity index is 676. The van der Waals surface area contributed by atoms with Gasteiger partial charge in [-0.3, -0.25) is 0 Å². The lowest BCUT2D eigenvalue weighted by atomic mass is 9.49. The highest BCUT2D eigenvalue weighted by Gasteiger charge is 2.61. The van der Waals surface area contributed by atoms with Crippen molar-refractivity contribution in [1.82, 2.24) is 0 Å². The van der Waals surface area contributed by atoms with Crippen LogP contribution >= 0.6 is 0 Å². The molecule has 0 aliphatic heterocycles. The Kier molecular flexibility index (Phi) is 32.6. The Morgan fingerprint density at radius 1 is 0.192 bits per heavy atom. The van der Waals surface area contributed by atoms with Crippen LogP contribution in [0.25, 0.3) is 0 Å². The van der Waals surface area contributed by atoms with Crippen LogP contribution in [0.2, 0.25) is 0 Å². The molecule has 0 amide bonds. The van der Waals surface area contributed by atoms with Gasteiger partial charge in [-0.05, 0) is 12.8 Å². The summed E-state index contributed by atoms with van der Waals surface area (Å²) in [6.45, 7) is -2.66. The molecule has 6 N–H and O–H groups in total. The van der Waals surface area contributed by atoms with E-state index >= 15 is 0 Å². The minimum Gasteiger partial charge on any atom is -0.396 e. The second-order valence-electron chi connectivity index (χ2n) is 17.5. The van der Waals surface area contributed by atoms with Crippen LogP contribution < -0.4 is 0 Å². The van der Waals surface area contributed by atoms with Crippen LogP contribution in [0.3, 0.4) is 0 Å². The molecule has 0 bridgehead atoms. The molecule has 0 heterocycles. The Morgan fingerprint density at radius 3 is 0.442 bits per heavy atom. The van der Waals surface area contributed by atoms with E-state index in [0.717, 1.165) is 38.5 Å². The summed E-state index contributed by atoms with van der Waals surface area (Å²) in [5, 5.41) is 64.6. The lowest BCUT2D eigenvalue weighted by molar-refractivity contribution is -0.214. The average molecular weight is 741 g/mol. The maximum Gasteiger partial charge on any atom is 0.0523 e. The highest BCUT2D eigenvalue weighted by atomic mass is 16.3. The normalized spacial score (nSPS) is 24.3. The Balaban J connectivity index is 2.62. The quantitative estimate of drug-likeness (QED) is 0.161. The third-order valence-electron chi connectivity index (χ3n) is 13.6. The molecule has 0 atom stereocenters. The molecule has 0 unspecified atom stereocenters. The van der Waals surface area contributed by atoms with E-state index in [1.807, 2.05) is 0 Å². The lowest BCUT2D eigenvalue weighted by Gasteiger charge is -2.57. The van der Waals surface area contributed by atoms with E-state index in [1.165, 1.54) is 186 Å².